The van der Waals surface area contributed by atoms with E-state index in [0.717, 1.165) is 19.3 Å². The first kappa shape index (κ1) is 18.3. The smallest absolute Gasteiger partial charge is 0.227 e. The summed E-state index contributed by atoms with van der Waals surface area (Å²) in [6, 6.07) is 3.74. The molecule has 2 unspecified atom stereocenters. The van der Waals surface area contributed by atoms with E-state index in [4.69, 9.17) is 5.73 Å². The van der Waals surface area contributed by atoms with Crippen molar-refractivity contribution in [3.05, 3.63) is 31.0 Å². The third kappa shape index (κ3) is 4.16. The third-order valence-electron chi connectivity index (χ3n) is 3.51. The lowest BCUT2D eigenvalue weighted by molar-refractivity contribution is -0.119. The van der Waals surface area contributed by atoms with Crippen LogP contribution in [0, 0.1) is 5.92 Å². The minimum absolute atomic E-state index is 0. The first-order valence-electron chi connectivity index (χ1n) is 6.60. The van der Waals surface area contributed by atoms with Gasteiger partial charge in [-0.05, 0) is 31.4 Å². The van der Waals surface area contributed by atoms with Crippen molar-refractivity contribution in [2.45, 2.75) is 25.3 Å². The highest BCUT2D eigenvalue weighted by molar-refractivity contribution is 5.92. The lowest BCUT2D eigenvalue weighted by atomic mass is 10.1. The van der Waals surface area contributed by atoms with Crippen LogP contribution in [-0.4, -0.2) is 31.7 Å². The second kappa shape index (κ2) is 8.07. The Morgan fingerprint density at radius 2 is 2.14 bits per heavy atom. The molecule has 0 aromatic carbocycles. The van der Waals surface area contributed by atoms with E-state index in [2.05, 4.69) is 20.4 Å². The van der Waals surface area contributed by atoms with Crippen molar-refractivity contribution in [1.82, 2.24) is 19.7 Å². The first-order valence-corrected chi connectivity index (χ1v) is 6.60. The number of hydrogen-bond acceptors (Lipinski definition) is 5. The summed E-state index contributed by atoms with van der Waals surface area (Å²) in [5.74, 6) is 0.691. The van der Waals surface area contributed by atoms with Gasteiger partial charge in [0.05, 0.1) is 11.9 Å². The quantitative estimate of drug-likeness (QED) is 0.880. The summed E-state index contributed by atoms with van der Waals surface area (Å²) in [4.78, 5) is 20.1. The SMILES string of the molecule is Cl.Cl.NC1CCC(C(=O)Nc2ccc(-n3cncn3)nc2)C1. The Morgan fingerprint density at radius 1 is 1.32 bits per heavy atom. The lowest BCUT2D eigenvalue weighted by Gasteiger charge is -2.10. The number of nitrogens with zero attached hydrogens (tertiary/aromatic N) is 4. The van der Waals surface area contributed by atoms with Crippen molar-refractivity contribution >= 4 is 36.4 Å². The minimum Gasteiger partial charge on any atom is -0.328 e. The number of nitrogens with two attached hydrogens (primary N) is 1. The molecule has 0 saturated heterocycles. The number of hydrogen-bond donors (Lipinski definition) is 2. The van der Waals surface area contributed by atoms with E-state index in [1.165, 1.54) is 6.33 Å². The minimum atomic E-state index is 0. The van der Waals surface area contributed by atoms with E-state index in [1.54, 1.807) is 29.3 Å². The van der Waals surface area contributed by atoms with Crippen LogP contribution in [0.2, 0.25) is 0 Å². The summed E-state index contributed by atoms with van der Waals surface area (Å²) < 4.78 is 1.56. The third-order valence-corrected chi connectivity index (χ3v) is 3.51. The molecular weight excluding hydrogens is 327 g/mol. The summed E-state index contributed by atoms with van der Waals surface area (Å²) in [6.45, 7) is 0. The zero-order chi connectivity index (χ0) is 13.9. The average molecular weight is 345 g/mol. The van der Waals surface area contributed by atoms with Gasteiger partial charge in [0.25, 0.3) is 0 Å². The average Bonchev–Trinajstić information content (AvgIpc) is 3.10. The highest BCUT2D eigenvalue weighted by Gasteiger charge is 2.27. The molecule has 2 atom stereocenters. The second-order valence-electron chi connectivity index (χ2n) is 5.00. The van der Waals surface area contributed by atoms with E-state index < -0.39 is 0 Å². The van der Waals surface area contributed by atoms with Gasteiger partial charge in [0, 0.05) is 12.0 Å². The molecule has 0 bridgehead atoms. The van der Waals surface area contributed by atoms with Gasteiger partial charge in [-0.15, -0.1) is 24.8 Å². The van der Waals surface area contributed by atoms with Gasteiger partial charge in [0.1, 0.15) is 12.7 Å². The highest BCUT2D eigenvalue weighted by Crippen LogP contribution is 2.25. The van der Waals surface area contributed by atoms with Crippen LogP contribution in [0.15, 0.2) is 31.0 Å². The maximum atomic E-state index is 12.1. The molecule has 1 fully saturated rings. The van der Waals surface area contributed by atoms with Crippen LogP contribution in [0.4, 0.5) is 5.69 Å². The predicted octanol–water partition coefficient (Wildman–Crippen LogP) is 1.57. The normalized spacial score (nSPS) is 19.9. The van der Waals surface area contributed by atoms with Crippen LogP contribution in [0.5, 0.6) is 0 Å². The molecule has 0 spiro atoms. The van der Waals surface area contributed by atoms with Gasteiger partial charge in [0.2, 0.25) is 5.91 Å². The van der Waals surface area contributed by atoms with Crippen LogP contribution in [0.1, 0.15) is 19.3 Å². The summed E-state index contributed by atoms with van der Waals surface area (Å²) in [6.07, 6.45) is 7.17. The number of carbonyl (C=O) groups excluding carboxylic acids is 1. The topological polar surface area (TPSA) is 98.7 Å². The summed E-state index contributed by atoms with van der Waals surface area (Å²) >= 11 is 0. The fourth-order valence-electron chi connectivity index (χ4n) is 2.42. The molecule has 22 heavy (non-hydrogen) atoms. The second-order valence-corrected chi connectivity index (χ2v) is 5.00. The Labute approximate surface area is 140 Å². The van der Waals surface area contributed by atoms with Crippen LogP contribution in [0.25, 0.3) is 5.82 Å². The molecule has 1 saturated carbocycles. The maximum Gasteiger partial charge on any atom is 0.227 e. The molecule has 3 N–H and O–H groups in total. The van der Waals surface area contributed by atoms with Crippen LogP contribution >= 0.6 is 24.8 Å². The molecule has 1 aliphatic rings. The van der Waals surface area contributed by atoms with Crippen molar-refractivity contribution in [3.8, 4) is 5.82 Å². The van der Waals surface area contributed by atoms with Gasteiger partial charge < -0.3 is 11.1 Å². The summed E-state index contributed by atoms with van der Waals surface area (Å²) in [5.41, 5.74) is 6.50. The Hall–Kier alpha value is -1.70. The number of nitrogens with one attached hydrogen (secondary N) is 1. The zero-order valence-electron chi connectivity index (χ0n) is 11.8. The largest absolute Gasteiger partial charge is 0.328 e. The summed E-state index contributed by atoms with van der Waals surface area (Å²) in [5, 5.41) is 6.86. The van der Waals surface area contributed by atoms with Gasteiger partial charge >= 0.3 is 0 Å². The molecule has 2 heterocycles. The van der Waals surface area contributed by atoms with E-state index in [9.17, 15) is 4.79 Å². The molecule has 7 nitrogen and oxygen atoms in total. The Bertz CT molecular complexity index is 589. The zero-order valence-corrected chi connectivity index (χ0v) is 13.4. The molecule has 0 aliphatic heterocycles. The molecule has 2 aromatic heterocycles. The molecule has 0 radical (unpaired) electrons. The van der Waals surface area contributed by atoms with Gasteiger partial charge in [0.15, 0.2) is 5.82 Å². The predicted molar refractivity (Wildman–Crippen MR) is 87.6 cm³/mol. The van der Waals surface area contributed by atoms with E-state index in [0.29, 0.717) is 11.5 Å². The molecule has 1 amide bonds. The van der Waals surface area contributed by atoms with Gasteiger partial charge in [-0.2, -0.15) is 5.10 Å². The Balaban J connectivity index is 0.00000121. The summed E-state index contributed by atoms with van der Waals surface area (Å²) in [7, 11) is 0. The van der Waals surface area contributed by atoms with Crippen molar-refractivity contribution in [3.63, 3.8) is 0 Å². The standard InChI is InChI=1S/C13H16N6O.2ClH/c14-10-2-1-9(5-10)13(20)18-11-3-4-12(16-6-11)19-8-15-7-17-19;;/h3-4,6-10H,1-2,5,14H2,(H,18,20);2*1H. The maximum absolute atomic E-state index is 12.1. The van der Waals surface area contributed by atoms with Crippen LogP contribution < -0.4 is 11.1 Å². The highest BCUT2D eigenvalue weighted by atomic mass is 35.5. The molecule has 9 heteroatoms. The molecular formula is C13H18Cl2N6O. The number of carbonyl (C=O) groups is 1. The van der Waals surface area contributed by atoms with Crippen molar-refractivity contribution in [1.29, 1.82) is 0 Å². The lowest BCUT2D eigenvalue weighted by Crippen LogP contribution is -2.23. The number of aromatic nitrogens is 4. The molecule has 120 valence electrons. The fraction of sp³-hybridized carbons (Fsp3) is 0.385. The van der Waals surface area contributed by atoms with Crippen LogP contribution in [-0.2, 0) is 4.79 Å². The first-order chi connectivity index (χ1) is 9.72. The number of anilines is 1. The van der Waals surface area contributed by atoms with Crippen LogP contribution in [0.3, 0.4) is 0 Å². The fourth-order valence-corrected chi connectivity index (χ4v) is 2.42. The van der Waals surface area contributed by atoms with E-state index in [1.807, 2.05) is 0 Å². The molecule has 2 aromatic rings. The van der Waals surface area contributed by atoms with Crippen molar-refractivity contribution < 1.29 is 4.79 Å². The monoisotopic (exact) mass is 344 g/mol. The number of halogens is 2. The van der Waals surface area contributed by atoms with Gasteiger partial charge in [-0.25, -0.2) is 14.6 Å². The van der Waals surface area contributed by atoms with Gasteiger partial charge in [-0.1, -0.05) is 0 Å². The Morgan fingerprint density at radius 3 is 2.68 bits per heavy atom. The Kier molecular flexibility index (Phi) is 6.73. The van der Waals surface area contributed by atoms with Gasteiger partial charge in [-0.3, -0.25) is 4.79 Å². The van der Waals surface area contributed by atoms with E-state index in [-0.39, 0.29) is 42.7 Å². The number of rotatable bonds is 3. The number of amides is 1. The van der Waals surface area contributed by atoms with Crippen molar-refractivity contribution in [2.24, 2.45) is 11.7 Å². The molecule has 1 aliphatic carbocycles. The van der Waals surface area contributed by atoms with Crippen molar-refractivity contribution in [2.75, 3.05) is 5.32 Å². The number of pyridine rings is 1. The van der Waals surface area contributed by atoms with E-state index >= 15 is 0 Å². The molecule has 3 rings (SSSR count).